The quantitative estimate of drug-likeness (QED) is 0.393. The first kappa shape index (κ1) is 19.4. The molecule has 5 rings (SSSR count). The molecular formula is C23H18ClN3O4. The minimum atomic E-state index is -0.119. The molecule has 0 amide bonds. The van der Waals surface area contributed by atoms with E-state index in [1.165, 1.54) is 0 Å². The van der Waals surface area contributed by atoms with E-state index in [0.717, 1.165) is 5.56 Å². The molecule has 4 aromatic rings. The van der Waals surface area contributed by atoms with Crippen LogP contribution in [0.25, 0.3) is 22.0 Å². The van der Waals surface area contributed by atoms with Crippen molar-refractivity contribution >= 4 is 28.3 Å². The molecule has 0 unspecified atom stereocenters. The molecule has 1 aliphatic carbocycles. The van der Waals surface area contributed by atoms with E-state index >= 15 is 0 Å². The zero-order chi connectivity index (χ0) is 21.5. The first-order valence-corrected chi connectivity index (χ1v) is 10.0. The predicted molar refractivity (Wildman–Crippen MR) is 116 cm³/mol. The van der Waals surface area contributed by atoms with Crippen LogP contribution in [0.15, 0.2) is 49.1 Å². The Bertz CT molecular complexity index is 1320. The molecule has 0 saturated heterocycles. The number of rotatable bonds is 6. The van der Waals surface area contributed by atoms with E-state index in [-0.39, 0.29) is 5.78 Å². The van der Waals surface area contributed by atoms with Crippen molar-refractivity contribution in [2.45, 2.75) is 6.54 Å². The number of carbonyl (C=O) groups excluding carboxylic acids is 1. The van der Waals surface area contributed by atoms with Gasteiger partial charge in [-0.2, -0.15) is 0 Å². The number of benzene rings is 2. The van der Waals surface area contributed by atoms with Crippen LogP contribution in [0.1, 0.15) is 15.9 Å². The van der Waals surface area contributed by atoms with Crippen molar-refractivity contribution in [3.05, 3.63) is 65.2 Å². The Morgan fingerprint density at radius 3 is 2.58 bits per heavy atom. The van der Waals surface area contributed by atoms with Gasteiger partial charge in [-0.15, -0.1) is 0 Å². The molecule has 0 fully saturated rings. The molecule has 2 aromatic carbocycles. The predicted octanol–water partition coefficient (Wildman–Crippen LogP) is 4.39. The third kappa shape index (κ3) is 3.18. The van der Waals surface area contributed by atoms with Crippen LogP contribution in [0.3, 0.4) is 0 Å². The lowest BCUT2D eigenvalue weighted by atomic mass is 10.0. The number of aromatic nitrogens is 3. The third-order valence-corrected chi connectivity index (χ3v) is 5.56. The van der Waals surface area contributed by atoms with Crippen LogP contribution in [0.4, 0.5) is 0 Å². The number of fused-ring (bicyclic) bond motifs is 5. The average Bonchev–Trinajstić information content (AvgIpc) is 3.39. The lowest BCUT2D eigenvalue weighted by Gasteiger charge is -2.15. The number of ketones is 1. The minimum Gasteiger partial charge on any atom is -0.493 e. The van der Waals surface area contributed by atoms with E-state index in [0.29, 0.717) is 63.1 Å². The minimum absolute atomic E-state index is 0.119. The zero-order valence-electron chi connectivity index (χ0n) is 16.9. The normalized spacial score (nSPS) is 12.0. The van der Waals surface area contributed by atoms with Crippen molar-refractivity contribution in [1.29, 1.82) is 0 Å². The van der Waals surface area contributed by atoms with E-state index in [4.69, 9.17) is 30.8 Å². The van der Waals surface area contributed by atoms with Crippen LogP contribution in [0, 0.1) is 0 Å². The summed E-state index contributed by atoms with van der Waals surface area (Å²) >= 11 is 6.17. The lowest BCUT2D eigenvalue weighted by Crippen LogP contribution is -2.09. The maximum absolute atomic E-state index is 13.4. The van der Waals surface area contributed by atoms with Crippen LogP contribution in [0.2, 0.25) is 5.02 Å². The Morgan fingerprint density at radius 1 is 1.03 bits per heavy atom. The molecule has 0 saturated carbocycles. The average molecular weight is 436 g/mol. The SMILES string of the molecule is COc1cc2nc(OCCn3ccnc3)c3c(c2cc1OC)C(=O)c1cc(Cl)ccc1-3. The van der Waals surface area contributed by atoms with Gasteiger partial charge in [-0.25, -0.2) is 9.97 Å². The van der Waals surface area contributed by atoms with Crippen LogP contribution in [0.5, 0.6) is 17.4 Å². The number of hydrogen-bond acceptors (Lipinski definition) is 6. The van der Waals surface area contributed by atoms with Crippen molar-refractivity contribution in [1.82, 2.24) is 14.5 Å². The van der Waals surface area contributed by atoms with Gasteiger partial charge >= 0.3 is 0 Å². The standard InChI is InChI=1S/C23H18ClN3O4/c1-29-18-10-16-17(11-19(18)30-2)26-23(31-8-7-27-6-5-25-12-27)21-14-4-3-13(24)9-15(14)22(28)20(16)21/h3-6,9-12H,7-8H2,1-2H3. The second-order valence-electron chi connectivity index (χ2n) is 7.06. The summed E-state index contributed by atoms with van der Waals surface area (Å²) in [6, 6.07) is 8.80. The summed E-state index contributed by atoms with van der Waals surface area (Å²) in [5, 5.41) is 1.17. The molecule has 31 heavy (non-hydrogen) atoms. The maximum Gasteiger partial charge on any atom is 0.222 e. The van der Waals surface area contributed by atoms with Crippen molar-refractivity contribution in [3.63, 3.8) is 0 Å². The fourth-order valence-corrected chi connectivity index (χ4v) is 4.05. The molecule has 2 heterocycles. The van der Waals surface area contributed by atoms with Crippen LogP contribution >= 0.6 is 11.6 Å². The number of pyridine rings is 1. The number of hydrogen-bond donors (Lipinski definition) is 0. The highest BCUT2D eigenvalue weighted by Crippen LogP contribution is 2.47. The second-order valence-corrected chi connectivity index (χ2v) is 7.50. The fourth-order valence-electron chi connectivity index (χ4n) is 3.88. The van der Waals surface area contributed by atoms with Gasteiger partial charge in [0, 0.05) is 40.0 Å². The summed E-state index contributed by atoms with van der Waals surface area (Å²) in [5.41, 5.74) is 3.07. The molecule has 0 radical (unpaired) electrons. The Hall–Kier alpha value is -3.58. The van der Waals surface area contributed by atoms with Gasteiger partial charge in [0.1, 0.15) is 6.61 Å². The van der Waals surface area contributed by atoms with E-state index in [1.807, 2.05) is 16.8 Å². The van der Waals surface area contributed by atoms with E-state index < -0.39 is 0 Å². The summed E-state index contributed by atoms with van der Waals surface area (Å²) in [7, 11) is 3.11. The van der Waals surface area contributed by atoms with Crippen LogP contribution in [-0.4, -0.2) is 41.1 Å². The highest BCUT2D eigenvalue weighted by Gasteiger charge is 2.33. The van der Waals surface area contributed by atoms with Crippen molar-refractivity contribution < 1.29 is 19.0 Å². The zero-order valence-corrected chi connectivity index (χ0v) is 17.6. The summed E-state index contributed by atoms with van der Waals surface area (Å²) in [4.78, 5) is 22.2. The van der Waals surface area contributed by atoms with E-state index in [9.17, 15) is 4.79 Å². The smallest absolute Gasteiger partial charge is 0.222 e. The first-order valence-electron chi connectivity index (χ1n) is 9.63. The Balaban J connectivity index is 1.69. The van der Waals surface area contributed by atoms with E-state index in [2.05, 4.69) is 4.98 Å². The number of methoxy groups -OCH3 is 2. The van der Waals surface area contributed by atoms with Gasteiger partial charge < -0.3 is 18.8 Å². The second kappa shape index (κ2) is 7.59. The third-order valence-electron chi connectivity index (χ3n) is 5.33. The molecule has 156 valence electrons. The van der Waals surface area contributed by atoms with Gasteiger partial charge in [0.2, 0.25) is 5.88 Å². The molecule has 1 aliphatic rings. The highest BCUT2D eigenvalue weighted by atomic mass is 35.5. The number of imidazole rings is 1. The number of halogens is 1. The van der Waals surface area contributed by atoms with E-state index in [1.54, 1.807) is 51.0 Å². The maximum atomic E-state index is 13.4. The summed E-state index contributed by atoms with van der Waals surface area (Å²) < 4.78 is 18.9. The van der Waals surface area contributed by atoms with Gasteiger partial charge in [0.05, 0.1) is 38.2 Å². The van der Waals surface area contributed by atoms with Gasteiger partial charge in [0.25, 0.3) is 0 Å². The van der Waals surface area contributed by atoms with Gasteiger partial charge in [-0.05, 0) is 23.8 Å². The molecule has 0 aliphatic heterocycles. The largest absolute Gasteiger partial charge is 0.493 e. The number of carbonyl (C=O) groups is 1. The molecule has 2 aromatic heterocycles. The summed E-state index contributed by atoms with van der Waals surface area (Å²) in [6.45, 7) is 0.966. The fraction of sp³-hybridized carbons (Fsp3) is 0.174. The number of nitrogens with zero attached hydrogens (tertiary/aromatic N) is 3. The topological polar surface area (TPSA) is 75.5 Å². The molecule has 0 N–H and O–H groups in total. The van der Waals surface area contributed by atoms with Crippen molar-refractivity contribution in [2.75, 3.05) is 20.8 Å². The first-order chi connectivity index (χ1) is 15.1. The number of ether oxygens (including phenoxy) is 3. The van der Waals surface area contributed by atoms with Gasteiger partial charge in [-0.3, -0.25) is 4.79 Å². The van der Waals surface area contributed by atoms with Gasteiger partial charge in [0.15, 0.2) is 17.3 Å². The van der Waals surface area contributed by atoms with Crippen LogP contribution in [-0.2, 0) is 6.54 Å². The molecule has 7 nitrogen and oxygen atoms in total. The Labute approximate surface area is 183 Å². The molecular weight excluding hydrogens is 418 g/mol. The monoisotopic (exact) mass is 435 g/mol. The molecule has 0 atom stereocenters. The summed E-state index contributed by atoms with van der Waals surface area (Å²) in [5.74, 6) is 1.32. The molecule has 8 heteroatoms. The molecule has 0 spiro atoms. The van der Waals surface area contributed by atoms with Crippen molar-refractivity contribution in [3.8, 4) is 28.5 Å². The summed E-state index contributed by atoms with van der Waals surface area (Å²) in [6.07, 6.45) is 5.30. The van der Waals surface area contributed by atoms with Gasteiger partial charge in [-0.1, -0.05) is 17.7 Å². The molecule has 0 bridgehead atoms. The van der Waals surface area contributed by atoms with Crippen LogP contribution < -0.4 is 14.2 Å². The van der Waals surface area contributed by atoms with Crippen molar-refractivity contribution in [2.24, 2.45) is 0 Å². The lowest BCUT2D eigenvalue weighted by molar-refractivity contribution is 0.104. The highest BCUT2D eigenvalue weighted by molar-refractivity contribution is 6.33. The Morgan fingerprint density at radius 2 is 1.84 bits per heavy atom. The Kier molecular flexibility index (Phi) is 4.75.